The van der Waals surface area contributed by atoms with E-state index in [0.717, 1.165) is 6.07 Å². The van der Waals surface area contributed by atoms with E-state index in [1.54, 1.807) is 31.9 Å². The van der Waals surface area contributed by atoms with Crippen LogP contribution in [0.15, 0.2) is 30.3 Å². The molecule has 0 N–H and O–H groups in total. The Balaban J connectivity index is 2.18. The molecule has 0 spiro atoms. The lowest BCUT2D eigenvalue weighted by molar-refractivity contribution is -0.138. The number of nitriles is 1. The van der Waals surface area contributed by atoms with Crippen molar-refractivity contribution >= 4 is 12.1 Å². The van der Waals surface area contributed by atoms with Gasteiger partial charge in [0.05, 0.1) is 11.6 Å². The molecule has 8 heteroatoms. The van der Waals surface area contributed by atoms with Crippen molar-refractivity contribution in [1.82, 2.24) is 9.47 Å². The van der Waals surface area contributed by atoms with Crippen molar-refractivity contribution in [3.8, 4) is 17.3 Å². The molecule has 1 aromatic carbocycles. The average Bonchev–Trinajstić information content (AvgIpc) is 3.10. The number of carbonyl (C=O) groups is 2. The van der Waals surface area contributed by atoms with Crippen LogP contribution in [0.3, 0.4) is 0 Å². The first kappa shape index (κ1) is 20.8. The molecule has 0 radical (unpaired) electrons. The molecular weight excluding hydrogens is 383 g/mol. The summed E-state index contributed by atoms with van der Waals surface area (Å²) < 4.78 is 43.3. The van der Waals surface area contributed by atoms with Crippen LogP contribution in [0, 0.1) is 11.3 Å². The second-order valence-electron chi connectivity index (χ2n) is 7.01. The van der Waals surface area contributed by atoms with Crippen LogP contribution in [-0.2, 0) is 28.2 Å². The van der Waals surface area contributed by atoms with Gasteiger partial charge < -0.3 is 9.36 Å². The Kier molecular flexibility index (Phi) is 5.13. The van der Waals surface area contributed by atoms with Crippen molar-refractivity contribution in [2.75, 3.05) is 13.1 Å². The Morgan fingerprint density at radius 1 is 1.24 bits per heavy atom. The van der Waals surface area contributed by atoms with Gasteiger partial charge in [0, 0.05) is 12.7 Å². The number of ketones is 1. The fourth-order valence-electron chi connectivity index (χ4n) is 4.02. The lowest BCUT2D eigenvalue weighted by Gasteiger charge is -2.22. The SMILES string of the molecule is CCN(CC)C1C(=O)C1(C=O)c1ccc(-c2ccc(C#N)n2C)cc1C(F)(F)F. The van der Waals surface area contributed by atoms with E-state index in [1.165, 1.54) is 22.8 Å². The number of likely N-dealkylation sites (N-methyl/N-ethyl adjacent to an activating group) is 1. The van der Waals surface area contributed by atoms with E-state index in [-0.39, 0.29) is 11.1 Å². The summed E-state index contributed by atoms with van der Waals surface area (Å²) in [6.07, 6.45) is -4.40. The number of hydrogen-bond donors (Lipinski definition) is 0. The molecule has 0 bridgehead atoms. The molecule has 0 aliphatic heterocycles. The number of nitrogens with zero attached hydrogens (tertiary/aromatic N) is 3. The lowest BCUT2D eigenvalue weighted by atomic mass is 9.89. The van der Waals surface area contributed by atoms with Crippen molar-refractivity contribution in [2.24, 2.45) is 7.05 Å². The number of Topliss-reactive ketones (excluding diaryl/α,β-unsaturated/α-hetero) is 1. The molecule has 2 atom stereocenters. The van der Waals surface area contributed by atoms with Gasteiger partial charge in [-0.25, -0.2) is 0 Å². The minimum atomic E-state index is -4.75. The van der Waals surface area contributed by atoms with Crippen molar-refractivity contribution in [2.45, 2.75) is 31.5 Å². The highest BCUT2D eigenvalue weighted by Crippen LogP contribution is 2.50. The van der Waals surface area contributed by atoms with E-state index in [1.807, 2.05) is 6.07 Å². The van der Waals surface area contributed by atoms with Crippen LogP contribution < -0.4 is 0 Å². The van der Waals surface area contributed by atoms with Crippen LogP contribution in [0.5, 0.6) is 0 Å². The highest BCUT2D eigenvalue weighted by atomic mass is 19.4. The maximum atomic E-state index is 13.9. The van der Waals surface area contributed by atoms with Gasteiger partial charge in [0.15, 0.2) is 5.78 Å². The predicted molar refractivity (Wildman–Crippen MR) is 100 cm³/mol. The van der Waals surface area contributed by atoms with Crippen molar-refractivity contribution in [3.05, 3.63) is 47.2 Å². The largest absolute Gasteiger partial charge is 0.416 e. The van der Waals surface area contributed by atoms with Crippen molar-refractivity contribution < 1.29 is 22.8 Å². The zero-order valence-corrected chi connectivity index (χ0v) is 16.2. The predicted octanol–water partition coefficient (Wildman–Crippen LogP) is 3.31. The van der Waals surface area contributed by atoms with Crippen LogP contribution in [0.25, 0.3) is 11.3 Å². The Labute approximate surface area is 166 Å². The van der Waals surface area contributed by atoms with E-state index in [4.69, 9.17) is 5.26 Å². The normalized spacial score (nSPS) is 21.3. The molecule has 29 heavy (non-hydrogen) atoms. The summed E-state index contributed by atoms with van der Waals surface area (Å²) in [5, 5.41) is 9.08. The number of aldehydes is 1. The number of benzene rings is 1. The molecule has 0 saturated heterocycles. The Morgan fingerprint density at radius 2 is 1.90 bits per heavy atom. The summed E-state index contributed by atoms with van der Waals surface area (Å²) in [7, 11) is 1.59. The Bertz CT molecular complexity index is 1020. The molecule has 1 aliphatic carbocycles. The van der Waals surface area contributed by atoms with Gasteiger partial charge in [0.2, 0.25) is 0 Å². The van der Waals surface area contributed by atoms with E-state index in [9.17, 15) is 22.8 Å². The maximum Gasteiger partial charge on any atom is 0.416 e. The zero-order valence-electron chi connectivity index (χ0n) is 16.2. The average molecular weight is 403 g/mol. The molecule has 1 aliphatic rings. The molecular formula is C21H20F3N3O2. The maximum absolute atomic E-state index is 13.9. The summed E-state index contributed by atoms with van der Waals surface area (Å²) in [4.78, 5) is 26.2. The lowest BCUT2D eigenvalue weighted by Crippen LogP contribution is -2.33. The minimum Gasteiger partial charge on any atom is -0.335 e. The number of carbonyl (C=O) groups excluding carboxylic acids is 2. The smallest absolute Gasteiger partial charge is 0.335 e. The van der Waals surface area contributed by atoms with Crippen molar-refractivity contribution in [3.63, 3.8) is 0 Å². The van der Waals surface area contributed by atoms with Crippen molar-refractivity contribution in [1.29, 1.82) is 5.26 Å². The van der Waals surface area contributed by atoms with Gasteiger partial charge in [-0.3, -0.25) is 9.69 Å². The van der Waals surface area contributed by atoms with Crippen LogP contribution in [0.1, 0.15) is 30.7 Å². The van der Waals surface area contributed by atoms with E-state index < -0.39 is 29.0 Å². The van der Waals surface area contributed by atoms with Crippen LogP contribution in [0.2, 0.25) is 0 Å². The summed E-state index contributed by atoms with van der Waals surface area (Å²) in [5.74, 6) is -0.514. The van der Waals surface area contributed by atoms with Gasteiger partial charge in [-0.2, -0.15) is 18.4 Å². The first-order valence-electron chi connectivity index (χ1n) is 9.19. The van der Waals surface area contributed by atoms with E-state index in [2.05, 4.69) is 0 Å². The highest BCUT2D eigenvalue weighted by molar-refractivity contribution is 6.24. The first-order chi connectivity index (χ1) is 13.7. The number of hydrogen-bond acceptors (Lipinski definition) is 4. The fourth-order valence-corrected chi connectivity index (χ4v) is 4.02. The third-order valence-corrected chi connectivity index (χ3v) is 5.67. The van der Waals surface area contributed by atoms with E-state index in [0.29, 0.717) is 30.8 Å². The van der Waals surface area contributed by atoms with Gasteiger partial charge in [-0.15, -0.1) is 0 Å². The standard InChI is InChI=1S/C21H20F3N3O2/c1-4-27(5-2)18-19(29)20(18,12-28)15-8-6-13(10-16(15)21(22,23)24)17-9-7-14(11-25)26(17)3/h6-10,12,18H,4-5H2,1-3H3. The molecule has 152 valence electrons. The third kappa shape index (κ3) is 3.06. The van der Waals surface area contributed by atoms with Gasteiger partial charge >= 0.3 is 6.18 Å². The number of aromatic nitrogens is 1. The van der Waals surface area contributed by atoms with Gasteiger partial charge in [0.25, 0.3) is 0 Å². The Morgan fingerprint density at radius 3 is 2.38 bits per heavy atom. The molecule has 1 fully saturated rings. The topological polar surface area (TPSA) is 66.1 Å². The monoisotopic (exact) mass is 403 g/mol. The van der Waals surface area contributed by atoms with Gasteiger partial charge in [0.1, 0.15) is 23.5 Å². The van der Waals surface area contributed by atoms with Crippen LogP contribution >= 0.6 is 0 Å². The third-order valence-electron chi connectivity index (χ3n) is 5.67. The van der Waals surface area contributed by atoms with E-state index >= 15 is 0 Å². The fraction of sp³-hybridized carbons (Fsp3) is 0.381. The number of halogens is 3. The molecule has 0 amide bonds. The molecule has 1 aromatic heterocycles. The Hall–Kier alpha value is -2.92. The molecule has 5 nitrogen and oxygen atoms in total. The second-order valence-corrected chi connectivity index (χ2v) is 7.01. The minimum absolute atomic E-state index is 0.249. The number of alkyl halides is 3. The first-order valence-corrected chi connectivity index (χ1v) is 9.19. The quantitative estimate of drug-likeness (QED) is 0.548. The molecule has 3 rings (SSSR count). The summed E-state index contributed by atoms with van der Waals surface area (Å²) in [5.41, 5.74) is -2.15. The highest BCUT2D eigenvalue weighted by Gasteiger charge is 2.69. The van der Waals surface area contributed by atoms with Crippen LogP contribution in [0.4, 0.5) is 13.2 Å². The molecule has 2 aromatic rings. The summed E-state index contributed by atoms with van der Waals surface area (Å²) in [6, 6.07) is 7.77. The summed E-state index contributed by atoms with van der Waals surface area (Å²) >= 11 is 0. The van der Waals surface area contributed by atoms with Gasteiger partial charge in [-0.05, 0) is 42.4 Å². The molecule has 2 unspecified atom stereocenters. The molecule has 1 heterocycles. The molecule has 1 saturated carbocycles. The second kappa shape index (κ2) is 7.16. The zero-order chi connectivity index (χ0) is 21.6. The number of rotatable bonds is 6. The van der Waals surface area contributed by atoms with Gasteiger partial charge in [-0.1, -0.05) is 26.0 Å². The summed E-state index contributed by atoms with van der Waals surface area (Å²) in [6.45, 7) is 4.48. The van der Waals surface area contributed by atoms with Crippen LogP contribution in [-0.4, -0.2) is 40.7 Å².